The maximum atomic E-state index is 13.0. The zero-order valence-corrected chi connectivity index (χ0v) is 15.0. The van der Waals surface area contributed by atoms with E-state index in [0.717, 1.165) is 6.07 Å². The molecule has 3 rings (SSSR count). The first kappa shape index (κ1) is 20.3. The summed E-state index contributed by atoms with van der Waals surface area (Å²) in [6.07, 6.45) is -1.14. The Morgan fingerprint density at radius 1 is 1.14 bits per heavy atom. The SMILES string of the molecule is COCCOCc1nc(C(F)(F)F)ccc1C(=O)C1C(=O)C2C=CC(C2)C1=O. The van der Waals surface area contributed by atoms with Crippen molar-refractivity contribution in [3.05, 3.63) is 41.2 Å². The number of halogens is 3. The molecule has 150 valence electrons. The van der Waals surface area contributed by atoms with Crippen LogP contribution >= 0.6 is 0 Å². The summed E-state index contributed by atoms with van der Waals surface area (Å²) < 4.78 is 49.1. The van der Waals surface area contributed by atoms with E-state index in [9.17, 15) is 27.6 Å². The Morgan fingerprint density at radius 2 is 1.79 bits per heavy atom. The van der Waals surface area contributed by atoms with Gasteiger partial charge in [0.1, 0.15) is 11.6 Å². The van der Waals surface area contributed by atoms with E-state index >= 15 is 0 Å². The Kier molecular flexibility index (Phi) is 5.76. The van der Waals surface area contributed by atoms with Crippen molar-refractivity contribution in [2.24, 2.45) is 17.8 Å². The molecule has 2 unspecified atom stereocenters. The van der Waals surface area contributed by atoms with Crippen LogP contribution in [0.15, 0.2) is 24.3 Å². The summed E-state index contributed by atoms with van der Waals surface area (Å²) >= 11 is 0. The smallest absolute Gasteiger partial charge is 0.382 e. The molecule has 1 saturated carbocycles. The Morgan fingerprint density at radius 3 is 2.36 bits per heavy atom. The topological polar surface area (TPSA) is 82.6 Å². The number of nitrogens with zero attached hydrogens (tertiary/aromatic N) is 1. The monoisotopic (exact) mass is 397 g/mol. The molecule has 0 N–H and O–H groups in total. The second-order valence-corrected chi connectivity index (χ2v) is 6.67. The molecule has 0 spiro atoms. The lowest BCUT2D eigenvalue weighted by Gasteiger charge is -2.25. The average Bonchev–Trinajstić information content (AvgIpc) is 3.10. The molecule has 0 aromatic carbocycles. The molecular formula is C19H18F3NO5. The van der Waals surface area contributed by atoms with Crippen LogP contribution in [0.4, 0.5) is 13.2 Å². The maximum absolute atomic E-state index is 13.0. The Bertz CT molecular complexity index is 809. The van der Waals surface area contributed by atoms with Crippen molar-refractivity contribution in [1.82, 2.24) is 4.98 Å². The van der Waals surface area contributed by atoms with Crippen LogP contribution in [-0.4, -0.2) is 42.7 Å². The van der Waals surface area contributed by atoms with Crippen molar-refractivity contribution in [2.75, 3.05) is 20.3 Å². The second kappa shape index (κ2) is 7.92. The van der Waals surface area contributed by atoms with Gasteiger partial charge in [-0.1, -0.05) is 12.2 Å². The van der Waals surface area contributed by atoms with Gasteiger partial charge in [0.2, 0.25) is 0 Å². The number of methoxy groups -OCH3 is 1. The number of carbonyl (C=O) groups excluding carboxylic acids is 3. The number of pyridine rings is 1. The summed E-state index contributed by atoms with van der Waals surface area (Å²) in [5.41, 5.74) is -1.65. The first-order chi connectivity index (χ1) is 13.2. The molecule has 0 amide bonds. The lowest BCUT2D eigenvalue weighted by molar-refractivity contribution is -0.141. The van der Waals surface area contributed by atoms with Crippen molar-refractivity contribution in [1.29, 1.82) is 0 Å². The van der Waals surface area contributed by atoms with Gasteiger partial charge in [-0.25, -0.2) is 4.98 Å². The van der Waals surface area contributed by atoms with Crippen molar-refractivity contribution in [3.63, 3.8) is 0 Å². The van der Waals surface area contributed by atoms with E-state index in [1.54, 1.807) is 12.2 Å². The quantitative estimate of drug-likeness (QED) is 0.304. The average molecular weight is 397 g/mol. The van der Waals surface area contributed by atoms with Gasteiger partial charge in [-0.3, -0.25) is 14.4 Å². The summed E-state index contributed by atoms with van der Waals surface area (Å²) in [6.45, 7) is -0.0944. The van der Waals surface area contributed by atoms with E-state index in [4.69, 9.17) is 9.47 Å². The number of rotatable bonds is 7. The fraction of sp³-hybridized carbons (Fsp3) is 0.474. The van der Waals surface area contributed by atoms with Crippen LogP contribution in [0.25, 0.3) is 0 Å². The number of fused-ring (bicyclic) bond motifs is 2. The first-order valence-electron chi connectivity index (χ1n) is 8.67. The van der Waals surface area contributed by atoms with Crippen LogP contribution in [0.2, 0.25) is 0 Å². The lowest BCUT2D eigenvalue weighted by atomic mass is 9.74. The second-order valence-electron chi connectivity index (χ2n) is 6.67. The molecule has 0 aliphatic heterocycles. The predicted octanol–water partition coefficient (Wildman–Crippen LogP) is 2.41. The van der Waals surface area contributed by atoms with Crippen LogP contribution in [0.1, 0.15) is 28.2 Å². The van der Waals surface area contributed by atoms with E-state index < -0.39 is 47.0 Å². The van der Waals surface area contributed by atoms with Crippen LogP contribution in [0, 0.1) is 17.8 Å². The first-order valence-corrected chi connectivity index (χ1v) is 8.67. The normalized spacial score (nSPS) is 24.1. The van der Waals surface area contributed by atoms with Crippen LogP contribution < -0.4 is 0 Å². The number of alkyl halides is 3. The van der Waals surface area contributed by atoms with E-state index in [-0.39, 0.29) is 31.1 Å². The molecule has 1 fully saturated rings. The van der Waals surface area contributed by atoms with Gasteiger partial charge < -0.3 is 9.47 Å². The molecular weight excluding hydrogens is 379 g/mol. The Labute approximate surface area is 158 Å². The molecule has 2 aliphatic rings. The van der Waals surface area contributed by atoms with Crippen LogP contribution in [-0.2, 0) is 31.8 Å². The molecule has 0 saturated heterocycles. The molecule has 28 heavy (non-hydrogen) atoms. The number of ketones is 3. The minimum absolute atomic E-state index is 0.0808. The number of Topliss-reactive ketones (excluding diaryl/α,β-unsaturated/α-hetero) is 3. The van der Waals surface area contributed by atoms with Gasteiger partial charge in [-0.05, 0) is 18.6 Å². The maximum Gasteiger partial charge on any atom is 0.433 e. The highest BCUT2D eigenvalue weighted by Crippen LogP contribution is 2.37. The van der Waals surface area contributed by atoms with E-state index in [0.29, 0.717) is 12.5 Å². The summed E-state index contributed by atoms with van der Waals surface area (Å²) in [5.74, 6) is -4.42. The van der Waals surface area contributed by atoms with Crippen molar-refractivity contribution < 1.29 is 37.0 Å². The molecule has 1 heterocycles. The number of carbonyl (C=O) groups is 3. The minimum atomic E-state index is -4.71. The van der Waals surface area contributed by atoms with E-state index in [1.165, 1.54) is 7.11 Å². The Hall–Kier alpha value is -2.39. The zero-order valence-electron chi connectivity index (χ0n) is 15.0. The van der Waals surface area contributed by atoms with E-state index in [1.807, 2.05) is 0 Å². The number of ether oxygens (including phenoxy) is 2. The van der Waals surface area contributed by atoms with Gasteiger partial charge >= 0.3 is 6.18 Å². The number of allylic oxidation sites excluding steroid dienone is 2. The molecule has 1 aromatic rings. The third-order valence-electron chi connectivity index (χ3n) is 4.85. The van der Waals surface area contributed by atoms with Crippen molar-refractivity contribution in [2.45, 2.75) is 19.2 Å². The minimum Gasteiger partial charge on any atom is -0.382 e. The fourth-order valence-electron chi connectivity index (χ4n) is 3.41. The summed E-state index contributed by atoms with van der Waals surface area (Å²) in [4.78, 5) is 41.5. The number of hydrogen-bond donors (Lipinski definition) is 0. The molecule has 6 nitrogen and oxygen atoms in total. The lowest BCUT2D eigenvalue weighted by Crippen LogP contribution is -2.42. The zero-order chi connectivity index (χ0) is 20.5. The molecule has 1 aromatic heterocycles. The summed E-state index contributed by atoms with van der Waals surface area (Å²) in [6, 6.07) is 1.62. The van der Waals surface area contributed by atoms with Gasteiger partial charge in [0.25, 0.3) is 0 Å². The van der Waals surface area contributed by atoms with Gasteiger partial charge in [-0.2, -0.15) is 13.2 Å². The van der Waals surface area contributed by atoms with Crippen LogP contribution in [0.3, 0.4) is 0 Å². The van der Waals surface area contributed by atoms with Gasteiger partial charge in [-0.15, -0.1) is 0 Å². The predicted molar refractivity (Wildman–Crippen MR) is 89.3 cm³/mol. The highest BCUT2D eigenvalue weighted by molar-refractivity contribution is 6.27. The molecule has 2 atom stereocenters. The molecule has 2 bridgehead atoms. The molecule has 0 radical (unpaired) electrons. The molecule has 9 heteroatoms. The standard InChI is InChI=1S/C19H18F3NO5/c1-27-6-7-28-9-13-12(4-5-14(23-13)19(20,21)22)18(26)15-16(24)10-2-3-11(8-10)17(15)25/h2-5,10-11,15H,6-9H2,1H3. The fourth-order valence-corrected chi connectivity index (χ4v) is 3.41. The highest BCUT2D eigenvalue weighted by atomic mass is 19.4. The number of hydrogen-bond acceptors (Lipinski definition) is 6. The third kappa shape index (κ3) is 3.90. The Balaban J connectivity index is 1.91. The van der Waals surface area contributed by atoms with Crippen molar-refractivity contribution >= 4 is 17.3 Å². The van der Waals surface area contributed by atoms with Crippen molar-refractivity contribution in [3.8, 4) is 0 Å². The van der Waals surface area contributed by atoms with E-state index in [2.05, 4.69) is 4.98 Å². The number of aromatic nitrogens is 1. The van der Waals surface area contributed by atoms with Crippen LogP contribution in [0.5, 0.6) is 0 Å². The summed E-state index contributed by atoms with van der Waals surface area (Å²) in [5, 5.41) is 0. The highest BCUT2D eigenvalue weighted by Gasteiger charge is 2.48. The third-order valence-corrected chi connectivity index (χ3v) is 4.85. The van der Waals surface area contributed by atoms with Gasteiger partial charge in [0, 0.05) is 24.5 Å². The molecule has 2 aliphatic carbocycles. The summed E-state index contributed by atoms with van der Waals surface area (Å²) in [7, 11) is 1.43. The van der Waals surface area contributed by atoms with Gasteiger partial charge in [0.05, 0.1) is 25.5 Å². The van der Waals surface area contributed by atoms with Gasteiger partial charge in [0.15, 0.2) is 17.3 Å². The largest absolute Gasteiger partial charge is 0.433 e.